The van der Waals surface area contributed by atoms with Gasteiger partial charge in [-0.1, -0.05) is 6.92 Å². The van der Waals surface area contributed by atoms with Crippen molar-refractivity contribution < 1.29 is 43.1 Å². The normalized spacial score (nSPS) is 34.2. The first-order valence-electron chi connectivity index (χ1n) is 18.1. The summed E-state index contributed by atoms with van der Waals surface area (Å²) in [6, 6.07) is 2.86. The first-order valence-corrected chi connectivity index (χ1v) is 18.1. The zero-order chi connectivity index (χ0) is 35.0. The van der Waals surface area contributed by atoms with Crippen molar-refractivity contribution in [2.75, 3.05) is 6.54 Å². The number of pyridine rings is 2. The van der Waals surface area contributed by atoms with E-state index in [1.165, 1.54) is 6.07 Å². The third kappa shape index (κ3) is 4.43. The van der Waals surface area contributed by atoms with Crippen LogP contribution in [-0.4, -0.2) is 57.0 Å². The van der Waals surface area contributed by atoms with Gasteiger partial charge in [0, 0.05) is 60.3 Å². The fourth-order valence-corrected chi connectivity index (χ4v) is 9.99. The maximum atomic E-state index is 15.3. The van der Waals surface area contributed by atoms with Gasteiger partial charge >= 0.3 is 12.1 Å². The maximum Gasteiger partial charge on any atom is 0.407 e. The predicted octanol–water partition coefficient (Wildman–Crippen LogP) is 3.94. The van der Waals surface area contributed by atoms with E-state index in [9.17, 15) is 19.5 Å². The summed E-state index contributed by atoms with van der Waals surface area (Å²) < 4.78 is 34.7. The third-order valence-electron chi connectivity index (χ3n) is 12.6. The molecule has 6 heterocycles. The zero-order valence-corrected chi connectivity index (χ0v) is 28.4. The molecule has 2 bridgehead atoms. The van der Waals surface area contributed by atoms with E-state index in [0.29, 0.717) is 60.6 Å². The summed E-state index contributed by atoms with van der Waals surface area (Å²) in [7, 11) is 0. The summed E-state index contributed by atoms with van der Waals surface area (Å²) in [5.74, 6) is -2.69. The summed E-state index contributed by atoms with van der Waals surface area (Å²) in [6.07, 6.45) is 4.07. The van der Waals surface area contributed by atoms with Gasteiger partial charge in [0.25, 0.3) is 5.56 Å². The molecule has 7 atom stereocenters. The largest absolute Gasteiger partial charge is 0.458 e. The van der Waals surface area contributed by atoms with Gasteiger partial charge < -0.3 is 34.5 Å². The van der Waals surface area contributed by atoms with Gasteiger partial charge in [-0.15, -0.1) is 0 Å². The van der Waals surface area contributed by atoms with E-state index in [0.717, 1.165) is 47.9 Å². The second-order valence-corrected chi connectivity index (χ2v) is 15.4. The van der Waals surface area contributed by atoms with Crippen LogP contribution in [0.25, 0.3) is 22.3 Å². The summed E-state index contributed by atoms with van der Waals surface area (Å²) in [4.78, 5) is 57.0. The molecule has 2 saturated carbocycles. The number of carbonyl (C=O) groups excluding carboxylic acids is 2. The number of ether oxygens (including phenoxy) is 3. The van der Waals surface area contributed by atoms with E-state index >= 15 is 4.39 Å². The Bertz CT molecular complexity index is 2140. The van der Waals surface area contributed by atoms with Gasteiger partial charge in [0.05, 0.1) is 35.1 Å². The third-order valence-corrected chi connectivity index (χ3v) is 12.6. The standard InChI is InChI=1S/C37H39FN4O9/c1-3-36(46)24-10-28-31-22(15-42(28)32(43)23(24)16-47-33(36)44)30-26(7-6-21-17(2)25(38)11-27(40-31)29(21)30)41-34(45)48-20-5-4-8-35(13-20)49-37(51-50-35)12-19-9-18(37)14-39-19/h10-11,18-20,26,39,46H,3-9,12-16H2,1-2H3,(H,41,45)/t18?,19?,20-,26+,35-,36+,37?/m1/s1. The van der Waals surface area contributed by atoms with Crippen LogP contribution in [0.3, 0.4) is 0 Å². The summed E-state index contributed by atoms with van der Waals surface area (Å²) in [5.41, 5.74) is 2.12. The number of carbonyl (C=O) groups is 2. The number of fused-ring (bicyclic) bond motifs is 8. The van der Waals surface area contributed by atoms with E-state index in [2.05, 4.69) is 10.6 Å². The van der Waals surface area contributed by atoms with Crippen LogP contribution in [0.5, 0.6) is 0 Å². The number of esters is 1. The van der Waals surface area contributed by atoms with E-state index in [1.807, 2.05) is 0 Å². The number of benzene rings is 1. The molecule has 268 valence electrons. The van der Waals surface area contributed by atoms with Crippen molar-refractivity contribution in [3.05, 3.63) is 61.7 Å². The number of halogens is 1. The minimum absolute atomic E-state index is 0.0136. The second kappa shape index (κ2) is 10.8. The summed E-state index contributed by atoms with van der Waals surface area (Å²) >= 11 is 0. The number of hydrogen-bond donors (Lipinski definition) is 3. The molecule has 3 aliphatic carbocycles. The minimum Gasteiger partial charge on any atom is -0.458 e. The van der Waals surface area contributed by atoms with Crippen molar-refractivity contribution in [1.29, 1.82) is 0 Å². The molecule has 2 saturated heterocycles. The molecule has 2 spiro atoms. The number of piperidine rings is 1. The fraction of sp³-hybridized carbons (Fsp3) is 0.568. The van der Waals surface area contributed by atoms with E-state index in [-0.39, 0.29) is 42.4 Å². The van der Waals surface area contributed by atoms with Crippen LogP contribution < -0.4 is 16.2 Å². The van der Waals surface area contributed by atoms with E-state index in [1.54, 1.807) is 24.5 Å². The minimum atomic E-state index is -1.98. The number of hydrogen-bond acceptors (Lipinski definition) is 11. The van der Waals surface area contributed by atoms with E-state index in [4.69, 9.17) is 29.0 Å². The Morgan fingerprint density at radius 1 is 1.20 bits per heavy atom. The van der Waals surface area contributed by atoms with Crippen molar-refractivity contribution in [3.8, 4) is 11.4 Å². The Morgan fingerprint density at radius 2 is 2.06 bits per heavy atom. The van der Waals surface area contributed by atoms with Crippen molar-refractivity contribution >= 4 is 23.0 Å². The zero-order valence-electron chi connectivity index (χ0n) is 28.4. The van der Waals surface area contributed by atoms with Crippen molar-refractivity contribution in [1.82, 2.24) is 20.2 Å². The Kier molecular flexibility index (Phi) is 6.72. The molecule has 4 fully saturated rings. The van der Waals surface area contributed by atoms with Gasteiger partial charge in [-0.2, -0.15) is 9.78 Å². The molecule has 3 N–H and O–H groups in total. The predicted molar refractivity (Wildman–Crippen MR) is 175 cm³/mol. The molecule has 1 amide bonds. The summed E-state index contributed by atoms with van der Waals surface area (Å²) in [5, 5.41) is 18.7. The molecule has 13 nitrogen and oxygen atoms in total. The lowest BCUT2D eigenvalue weighted by Gasteiger charge is -2.37. The van der Waals surface area contributed by atoms with Crippen molar-refractivity contribution in [3.63, 3.8) is 0 Å². The van der Waals surface area contributed by atoms with Gasteiger partial charge in [-0.3, -0.25) is 4.79 Å². The molecule has 10 rings (SSSR count). The summed E-state index contributed by atoms with van der Waals surface area (Å²) in [6.45, 7) is 4.12. The molecule has 14 heteroatoms. The van der Waals surface area contributed by atoms with Crippen LogP contribution in [0.4, 0.5) is 9.18 Å². The van der Waals surface area contributed by atoms with Crippen molar-refractivity contribution in [2.24, 2.45) is 5.92 Å². The Morgan fingerprint density at radius 3 is 2.84 bits per heavy atom. The highest BCUT2D eigenvalue weighted by atomic mass is 19.1. The van der Waals surface area contributed by atoms with Gasteiger partial charge in [-0.25, -0.2) is 19.0 Å². The average Bonchev–Trinajstić information content (AvgIpc) is 3.89. The lowest BCUT2D eigenvalue weighted by molar-refractivity contribution is -0.362. The van der Waals surface area contributed by atoms with Crippen LogP contribution in [0, 0.1) is 18.7 Å². The van der Waals surface area contributed by atoms with Gasteiger partial charge in [-0.05, 0) is 68.2 Å². The highest BCUT2D eigenvalue weighted by molar-refractivity contribution is 5.93. The van der Waals surface area contributed by atoms with Gasteiger partial charge in [0.1, 0.15) is 18.5 Å². The maximum absolute atomic E-state index is 15.3. The highest BCUT2D eigenvalue weighted by Gasteiger charge is 2.64. The number of cyclic esters (lactones) is 1. The average molecular weight is 703 g/mol. The number of rotatable bonds is 3. The Balaban J connectivity index is 0.978. The monoisotopic (exact) mass is 702 g/mol. The number of amides is 1. The molecule has 0 radical (unpaired) electrons. The molecular formula is C37H39FN4O9. The van der Waals surface area contributed by atoms with Crippen LogP contribution >= 0.6 is 0 Å². The topological polar surface area (TPSA) is 159 Å². The number of nitrogens with zero attached hydrogens (tertiary/aromatic N) is 2. The molecule has 3 aromatic rings. The first-order chi connectivity index (χ1) is 24.5. The van der Waals surface area contributed by atoms with Crippen LogP contribution in [-0.2, 0) is 54.0 Å². The van der Waals surface area contributed by atoms with Crippen LogP contribution in [0.1, 0.15) is 97.7 Å². The second-order valence-electron chi connectivity index (χ2n) is 15.4. The van der Waals surface area contributed by atoms with Gasteiger partial charge in [0.15, 0.2) is 5.60 Å². The lowest BCUT2D eigenvalue weighted by Crippen LogP contribution is -2.48. The van der Waals surface area contributed by atoms with Gasteiger partial charge in [0.2, 0.25) is 11.6 Å². The number of aryl methyl sites for hydroxylation is 1. The van der Waals surface area contributed by atoms with Crippen LogP contribution in [0.15, 0.2) is 16.9 Å². The molecule has 2 aromatic heterocycles. The SMILES string of the molecule is CC[C@@]1(O)C(=O)OCc2c1cc1n(c2=O)Cc2c-1nc1cc(F)c(C)c3c1c2[C@@H](NC(=O)O[C@@H]1CCC[C@]2(C1)OOC1(CC4CC1CN4)O2)CC3. The number of aliphatic hydroxyl groups is 1. The smallest absolute Gasteiger partial charge is 0.407 e. The quantitative estimate of drug-likeness (QED) is 0.210. The number of nitrogens with one attached hydrogen (secondary N) is 2. The van der Waals surface area contributed by atoms with Crippen LogP contribution in [0.2, 0.25) is 0 Å². The molecule has 3 unspecified atom stereocenters. The number of alkyl carbamates (subject to hydrolysis) is 1. The molecule has 4 aliphatic heterocycles. The number of aromatic nitrogens is 2. The van der Waals surface area contributed by atoms with E-state index < -0.39 is 46.9 Å². The fourth-order valence-electron chi connectivity index (χ4n) is 9.99. The Hall–Kier alpha value is -3.95. The molecule has 1 aromatic carbocycles. The van der Waals surface area contributed by atoms with Crippen molar-refractivity contribution in [2.45, 2.75) is 120 Å². The highest BCUT2D eigenvalue weighted by Crippen LogP contribution is 2.54. The first kappa shape index (κ1) is 31.8. The molecule has 7 aliphatic rings. The lowest BCUT2D eigenvalue weighted by atomic mass is 9.81. The Labute approximate surface area is 291 Å². The molecular weight excluding hydrogens is 663 g/mol. The molecule has 51 heavy (non-hydrogen) atoms.